The minimum absolute atomic E-state index is 0.305. The molecule has 0 spiro atoms. The predicted molar refractivity (Wildman–Crippen MR) is 119 cm³/mol. The van der Waals surface area contributed by atoms with E-state index in [0.717, 1.165) is 41.9 Å². The summed E-state index contributed by atoms with van der Waals surface area (Å²) in [7, 11) is 0. The van der Waals surface area contributed by atoms with Crippen LogP contribution in [0.3, 0.4) is 0 Å². The number of ether oxygens (including phenoxy) is 1. The van der Waals surface area contributed by atoms with Gasteiger partial charge in [-0.05, 0) is 55.5 Å². The highest BCUT2D eigenvalue weighted by atomic mass is 32.1. The van der Waals surface area contributed by atoms with Crippen molar-refractivity contribution in [3.05, 3.63) is 54.1 Å². The number of thiazole rings is 1. The van der Waals surface area contributed by atoms with Crippen LogP contribution >= 0.6 is 11.3 Å². The van der Waals surface area contributed by atoms with Crippen molar-refractivity contribution in [2.75, 3.05) is 26.2 Å². The van der Waals surface area contributed by atoms with Crippen LogP contribution in [0.1, 0.15) is 24.8 Å². The third-order valence-electron chi connectivity index (χ3n) is 5.24. The van der Waals surface area contributed by atoms with E-state index in [2.05, 4.69) is 33.4 Å². The first-order valence-corrected chi connectivity index (χ1v) is 11.3. The van der Waals surface area contributed by atoms with Crippen molar-refractivity contribution in [1.29, 1.82) is 0 Å². The molecule has 4 rings (SSSR count). The number of aromatic nitrogens is 1. The maximum absolute atomic E-state index is 11.1. The van der Waals surface area contributed by atoms with Gasteiger partial charge in [-0.1, -0.05) is 35.6 Å². The SMILES string of the molecule is O=C(CO)NCCCN(CCc1ccc(Oc2nc3ccccc3s2)cc1)C1CC1. The zero-order valence-electron chi connectivity index (χ0n) is 16.9. The van der Waals surface area contributed by atoms with Gasteiger partial charge in [-0.25, -0.2) is 4.98 Å². The van der Waals surface area contributed by atoms with Gasteiger partial charge in [0.05, 0.1) is 10.2 Å². The Morgan fingerprint density at radius 1 is 1.17 bits per heavy atom. The number of rotatable bonds is 11. The van der Waals surface area contributed by atoms with Crippen LogP contribution in [0.25, 0.3) is 10.2 Å². The molecule has 1 heterocycles. The monoisotopic (exact) mass is 425 g/mol. The summed E-state index contributed by atoms with van der Waals surface area (Å²) in [6, 6.07) is 17.0. The van der Waals surface area contributed by atoms with Crippen molar-refractivity contribution in [1.82, 2.24) is 15.2 Å². The molecule has 1 aliphatic carbocycles. The molecule has 0 radical (unpaired) electrons. The first-order chi connectivity index (χ1) is 14.7. The molecule has 0 aliphatic heterocycles. The average molecular weight is 426 g/mol. The summed E-state index contributed by atoms with van der Waals surface area (Å²) in [4.78, 5) is 18.1. The summed E-state index contributed by atoms with van der Waals surface area (Å²) in [6.07, 6.45) is 4.41. The Balaban J connectivity index is 1.25. The highest BCUT2D eigenvalue weighted by Gasteiger charge is 2.28. The number of benzene rings is 2. The zero-order chi connectivity index (χ0) is 20.8. The molecule has 0 bridgehead atoms. The molecule has 0 atom stereocenters. The normalized spacial score (nSPS) is 13.7. The Labute approximate surface area is 180 Å². The largest absolute Gasteiger partial charge is 0.431 e. The van der Waals surface area contributed by atoms with Crippen molar-refractivity contribution >= 4 is 27.5 Å². The number of hydrogen-bond donors (Lipinski definition) is 2. The molecular formula is C23H27N3O3S. The number of nitrogens with zero attached hydrogens (tertiary/aromatic N) is 2. The van der Waals surface area contributed by atoms with E-state index < -0.39 is 6.61 Å². The molecular weight excluding hydrogens is 398 g/mol. The molecule has 1 fully saturated rings. The fourth-order valence-electron chi connectivity index (χ4n) is 3.47. The van der Waals surface area contributed by atoms with Crippen LogP contribution in [0.15, 0.2) is 48.5 Å². The van der Waals surface area contributed by atoms with E-state index in [1.165, 1.54) is 18.4 Å². The quantitative estimate of drug-likeness (QED) is 0.459. The second kappa shape index (κ2) is 10.0. The molecule has 0 saturated heterocycles. The summed E-state index contributed by atoms with van der Waals surface area (Å²) < 4.78 is 7.06. The number of nitrogens with one attached hydrogen (secondary N) is 1. The van der Waals surface area contributed by atoms with Gasteiger partial charge < -0.3 is 15.2 Å². The molecule has 3 aromatic rings. The molecule has 2 N–H and O–H groups in total. The third-order valence-corrected chi connectivity index (χ3v) is 6.16. The van der Waals surface area contributed by atoms with Crippen molar-refractivity contribution in [3.8, 4) is 10.9 Å². The lowest BCUT2D eigenvalue weighted by molar-refractivity contribution is -0.123. The third kappa shape index (κ3) is 5.78. The predicted octanol–water partition coefficient (Wildman–Crippen LogP) is 3.59. The molecule has 1 amide bonds. The molecule has 0 unspecified atom stereocenters. The highest BCUT2D eigenvalue weighted by Crippen LogP contribution is 2.31. The van der Waals surface area contributed by atoms with E-state index in [4.69, 9.17) is 9.84 Å². The van der Waals surface area contributed by atoms with Gasteiger partial charge in [0.1, 0.15) is 12.4 Å². The van der Waals surface area contributed by atoms with Crippen molar-refractivity contribution in [2.24, 2.45) is 0 Å². The van der Waals surface area contributed by atoms with E-state index >= 15 is 0 Å². The Morgan fingerprint density at radius 3 is 2.70 bits per heavy atom. The summed E-state index contributed by atoms with van der Waals surface area (Å²) >= 11 is 1.55. The lowest BCUT2D eigenvalue weighted by Gasteiger charge is -2.22. The molecule has 7 heteroatoms. The van der Waals surface area contributed by atoms with Gasteiger partial charge >= 0.3 is 0 Å². The van der Waals surface area contributed by atoms with E-state index in [-0.39, 0.29) is 5.91 Å². The number of aliphatic hydroxyl groups is 1. The lowest BCUT2D eigenvalue weighted by atomic mass is 10.1. The highest BCUT2D eigenvalue weighted by molar-refractivity contribution is 7.20. The lowest BCUT2D eigenvalue weighted by Crippen LogP contribution is -2.33. The van der Waals surface area contributed by atoms with Gasteiger partial charge in [-0.2, -0.15) is 0 Å². The van der Waals surface area contributed by atoms with Gasteiger partial charge in [0.25, 0.3) is 5.19 Å². The van der Waals surface area contributed by atoms with Crippen LogP contribution in [0.2, 0.25) is 0 Å². The average Bonchev–Trinajstić information content (AvgIpc) is 3.53. The number of amides is 1. The standard InChI is InChI=1S/C23H27N3O3S/c27-16-22(28)24-13-3-14-26(18-8-9-18)15-12-17-6-10-19(11-7-17)29-23-25-20-4-1-2-5-21(20)30-23/h1-2,4-7,10-11,18,27H,3,8-9,12-16H2,(H,24,28). The second-order valence-electron chi connectivity index (χ2n) is 7.57. The molecule has 30 heavy (non-hydrogen) atoms. The number of hydrogen-bond acceptors (Lipinski definition) is 6. The number of para-hydroxylation sites is 1. The van der Waals surface area contributed by atoms with Gasteiger partial charge in [0.2, 0.25) is 5.91 Å². The molecule has 158 valence electrons. The Hall–Kier alpha value is -2.48. The summed E-state index contributed by atoms with van der Waals surface area (Å²) in [6.45, 7) is 2.15. The number of fused-ring (bicyclic) bond motifs is 1. The van der Waals surface area contributed by atoms with E-state index in [0.29, 0.717) is 17.8 Å². The van der Waals surface area contributed by atoms with E-state index in [1.54, 1.807) is 11.3 Å². The smallest absolute Gasteiger partial charge is 0.279 e. The van der Waals surface area contributed by atoms with Gasteiger partial charge in [0, 0.05) is 25.7 Å². The Morgan fingerprint density at radius 2 is 1.97 bits per heavy atom. The minimum Gasteiger partial charge on any atom is -0.431 e. The van der Waals surface area contributed by atoms with Crippen LogP contribution in [-0.4, -0.2) is 53.2 Å². The summed E-state index contributed by atoms with van der Waals surface area (Å²) in [5, 5.41) is 12.1. The van der Waals surface area contributed by atoms with Crippen molar-refractivity contribution in [2.45, 2.75) is 31.7 Å². The number of carbonyl (C=O) groups excluding carboxylic acids is 1. The van der Waals surface area contributed by atoms with Gasteiger partial charge in [-0.3, -0.25) is 9.69 Å². The Bertz CT molecular complexity index is 936. The van der Waals surface area contributed by atoms with Crippen LogP contribution < -0.4 is 10.1 Å². The maximum atomic E-state index is 11.1. The maximum Gasteiger partial charge on any atom is 0.279 e. The van der Waals surface area contributed by atoms with Gasteiger partial charge in [-0.15, -0.1) is 0 Å². The van der Waals surface area contributed by atoms with Crippen LogP contribution in [-0.2, 0) is 11.2 Å². The number of aliphatic hydroxyl groups excluding tert-OH is 1. The van der Waals surface area contributed by atoms with E-state index in [9.17, 15) is 4.79 Å². The minimum atomic E-state index is -0.439. The molecule has 1 aliphatic rings. The van der Waals surface area contributed by atoms with Crippen LogP contribution in [0.4, 0.5) is 0 Å². The topological polar surface area (TPSA) is 74.7 Å². The van der Waals surface area contributed by atoms with Gasteiger partial charge in [0.15, 0.2) is 0 Å². The van der Waals surface area contributed by atoms with Crippen molar-refractivity contribution in [3.63, 3.8) is 0 Å². The van der Waals surface area contributed by atoms with Crippen LogP contribution in [0.5, 0.6) is 10.9 Å². The molecule has 1 saturated carbocycles. The number of carbonyl (C=O) groups is 1. The molecule has 6 nitrogen and oxygen atoms in total. The molecule has 1 aromatic heterocycles. The fraction of sp³-hybridized carbons (Fsp3) is 0.391. The summed E-state index contributed by atoms with van der Waals surface area (Å²) in [5.41, 5.74) is 2.25. The second-order valence-corrected chi connectivity index (χ2v) is 8.57. The summed E-state index contributed by atoms with van der Waals surface area (Å²) in [5.74, 6) is 0.498. The molecule has 2 aromatic carbocycles. The van der Waals surface area contributed by atoms with Crippen LogP contribution in [0, 0.1) is 0 Å². The van der Waals surface area contributed by atoms with E-state index in [1.807, 2.05) is 30.3 Å². The Kier molecular flexibility index (Phi) is 6.94. The van der Waals surface area contributed by atoms with Crippen molar-refractivity contribution < 1.29 is 14.6 Å². The fourth-order valence-corrected chi connectivity index (χ4v) is 4.31. The first-order valence-electron chi connectivity index (χ1n) is 10.5. The zero-order valence-corrected chi connectivity index (χ0v) is 17.7. The first kappa shape index (κ1) is 20.8.